The van der Waals surface area contributed by atoms with Crippen LogP contribution in [0.1, 0.15) is 50.2 Å². The van der Waals surface area contributed by atoms with Gasteiger partial charge in [0.2, 0.25) is 0 Å². The van der Waals surface area contributed by atoms with Gasteiger partial charge in [0.1, 0.15) is 22.8 Å². The van der Waals surface area contributed by atoms with Gasteiger partial charge in [0.05, 0.1) is 4.70 Å². The van der Waals surface area contributed by atoms with E-state index in [9.17, 15) is 0 Å². The van der Waals surface area contributed by atoms with Gasteiger partial charge in [-0.3, -0.25) is 0 Å². The topological polar surface area (TPSA) is 33.0 Å². The molecule has 124 valence electrons. The zero-order chi connectivity index (χ0) is 17.4. The number of ether oxygens (including phenoxy) is 1. The van der Waals surface area contributed by atoms with Crippen molar-refractivity contribution in [2.45, 2.75) is 39.7 Å². The van der Waals surface area contributed by atoms with E-state index in [1.807, 2.05) is 56.3 Å². The minimum atomic E-state index is 0.0458. The van der Waals surface area contributed by atoms with Gasteiger partial charge in [-0.1, -0.05) is 69.7 Å². The standard InChI is InChI=1S/C19H17NOS.C2H6/c1-2-7-17(14-8-4-3-5-9-14)21-18-11-6-10-15-12-16(13-20)22-19(15)18;1-2/h3-6,8-12,17H,2,7H2,1H3;1-2H3/t17-;/m1./s1. The zero-order valence-electron chi connectivity index (χ0n) is 14.5. The highest BCUT2D eigenvalue weighted by Gasteiger charge is 2.15. The highest BCUT2D eigenvalue weighted by atomic mass is 32.1. The maximum atomic E-state index is 9.09. The Morgan fingerprint density at radius 3 is 2.50 bits per heavy atom. The van der Waals surface area contributed by atoms with Crippen molar-refractivity contribution >= 4 is 21.4 Å². The van der Waals surface area contributed by atoms with Crippen molar-refractivity contribution in [2.75, 3.05) is 0 Å². The Labute approximate surface area is 148 Å². The second-order valence-corrected chi connectivity index (χ2v) is 6.26. The van der Waals surface area contributed by atoms with Crippen molar-refractivity contribution in [3.63, 3.8) is 0 Å². The molecule has 3 heteroatoms. The van der Waals surface area contributed by atoms with Gasteiger partial charge in [0, 0.05) is 0 Å². The summed E-state index contributed by atoms with van der Waals surface area (Å²) in [4.78, 5) is 0.720. The molecule has 0 fully saturated rings. The van der Waals surface area contributed by atoms with Crippen molar-refractivity contribution < 1.29 is 4.74 Å². The van der Waals surface area contributed by atoms with Crippen LogP contribution in [0.15, 0.2) is 54.6 Å². The van der Waals surface area contributed by atoms with Crippen LogP contribution in [0.3, 0.4) is 0 Å². The number of rotatable bonds is 5. The quantitative estimate of drug-likeness (QED) is 0.517. The van der Waals surface area contributed by atoms with Crippen molar-refractivity contribution in [1.82, 2.24) is 0 Å². The highest BCUT2D eigenvalue weighted by molar-refractivity contribution is 7.19. The van der Waals surface area contributed by atoms with Gasteiger partial charge >= 0.3 is 0 Å². The van der Waals surface area contributed by atoms with Crippen LogP contribution in [0.25, 0.3) is 10.1 Å². The first-order chi connectivity index (χ1) is 11.8. The Hall–Kier alpha value is -2.31. The third-order valence-corrected chi connectivity index (χ3v) is 4.68. The van der Waals surface area contributed by atoms with E-state index >= 15 is 0 Å². The number of hydrogen-bond acceptors (Lipinski definition) is 3. The SMILES string of the molecule is CC.CCC[C@@H](Oc1cccc2cc(C#N)sc12)c1ccccc1. The van der Waals surface area contributed by atoms with Crippen LogP contribution in [0.2, 0.25) is 0 Å². The molecule has 0 spiro atoms. The maximum Gasteiger partial charge on any atom is 0.138 e. The molecule has 1 aromatic heterocycles. The van der Waals surface area contributed by atoms with Crippen LogP contribution < -0.4 is 4.74 Å². The van der Waals surface area contributed by atoms with Crippen molar-refractivity contribution in [1.29, 1.82) is 5.26 Å². The lowest BCUT2D eigenvalue weighted by atomic mass is 10.1. The Balaban J connectivity index is 0.00000100. The summed E-state index contributed by atoms with van der Waals surface area (Å²) < 4.78 is 7.36. The Morgan fingerprint density at radius 1 is 1.08 bits per heavy atom. The molecule has 2 nitrogen and oxygen atoms in total. The van der Waals surface area contributed by atoms with Crippen LogP contribution in [-0.2, 0) is 0 Å². The minimum absolute atomic E-state index is 0.0458. The second kappa shape index (κ2) is 9.10. The fraction of sp³-hybridized carbons (Fsp3) is 0.286. The summed E-state index contributed by atoms with van der Waals surface area (Å²) in [5.74, 6) is 0.867. The Kier molecular flexibility index (Phi) is 6.84. The fourth-order valence-corrected chi connectivity index (χ4v) is 3.47. The van der Waals surface area contributed by atoms with Crippen molar-refractivity contribution in [3.05, 3.63) is 65.0 Å². The normalized spacial score (nSPS) is 11.2. The van der Waals surface area contributed by atoms with E-state index in [1.165, 1.54) is 16.9 Å². The molecule has 0 aliphatic rings. The lowest BCUT2D eigenvalue weighted by Crippen LogP contribution is -2.07. The fourth-order valence-electron chi connectivity index (χ4n) is 2.56. The molecule has 0 unspecified atom stereocenters. The average molecular weight is 337 g/mol. The monoisotopic (exact) mass is 337 g/mol. The summed E-state index contributed by atoms with van der Waals surface area (Å²) in [7, 11) is 0. The number of benzene rings is 2. The summed E-state index contributed by atoms with van der Waals surface area (Å²) in [6, 6.07) is 20.5. The molecule has 0 N–H and O–H groups in total. The Bertz CT molecular complexity index is 802. The number of nitriles is 1. The largest absolute Gasteiger partial charge is 0.484 e. The molecular formula is C21H23NOS. The van der Waals surface area contributed by atoms with E-state index < -0.39 is 0 Å². The first-order valence-electron chi connectivity index (χ1n) is 8.46. The molecule has 3 rings (SSSR count). The molecule has 0 aliphatic carbocycles. The summed E-state index contributed by atoms with van der Waals surface area (Å²) in [5.41, 5.74) is 1.19. The Morgan fingerprint density at radius 2 is 1.83 bits per heavy atom. The third kappa shape index (κ3) is 4.15. The average Bonchev–Trinajstić information content (AvgIpc) is 3.08. The van der Waals surface area contributed by atoms with E-state index in [0.717, 1.165) is 33.6 Å². The van der Waals surface area contributed by atoms with Crippen LogP contribution in [-0.4, -0.2) is 0 Å². The van der Waals surface area contributed by atoms with Crippen LogP contribution in [0.5, 0.6) is 5.75 Å². The molecule has 0 radical (unpaired) electrons. The van der Waals surface area contributed by atoms with Crippen LogP contribution >= 0.6 is 11.3 Å². The number of hydrogen-bond donors (Lipinski definition) is 0. The maximum absolute atomic E-state index is 9.09. The zero-order valence-corrected chi connectivity index (χ0v) is 15.3. The van der Waals surface area contributed by atoms with Gasteiger partial charge in [-0.05, 0) is 29.5 Å². The van der Waals surface area contributed by atoms with Gasteiger partial charge in [-0.2, -0.15) is 5.26 Å². The van der Waals surface area contributed by atoms with Gasteiger partial charge in [-0.25, -0.2) is 0 Å². The summed E-state index contributed by atoms with van der Waals surface area (Å²) in [5, 5.41) is 10.2. The minimum Gasteiger partial charge on any atom is -0.484 e. The predicted octanol–water partition coefficient (Wildman–Crippen LogP) is 6.72. The van der Waals surface area contributed by atoms with Crippen molar-refractivity contribution in [2.24, 2.45) is 0 Å². The van der Waals surface area contributed by atoms with E-state index in [0.29, 0.717) is 0 Å². The lowest BCUT2D eigenvalue weighted by Gasteiger charge is -2.19. The molecule has 3 aromatic rings. The van der Waals surface area contributed by atoms with Gasteiger partial charge < -0.3 is 4.74 Å². The molecule has 0 saturated heterocycles. The van der Waals surface area contributed by atoms with E-state index in [4.69, 9.17) is 10.00 Å². The van der Waals surface area contributed by atoms with E-state index in [1.54, 1.807) is 0 Å². The first kappa shape index (κ1) is 18.0. The third-order valence-electron chi connectivity index (χ3n) is 3.61. The number of thiophene rings is 1. The molecule has 1 heterocycles. The van der Waals surface area contributed by atoms with E-state index in [-0.39, 0.29) is 6.10 Å². The molecule has 0 aliphatic heterocycles. The van der Waals surface area contributed by atoms with E-state index in [2.05, 4.69) is 25.1 Å². The molecule has 0 saturated carbocycles. The number of fused-ring (bicyclic) bond motifs is 1. The van der Waals surface area contributed by atoms with Gasteiger partial charge in [0.25, 0.3) is 0 Å². The molecule has 2 aromatic carbocycles. The number of nitrogens with zero attached hydrogens (tertiary/aromatic N) is 1. The summed E-state index contributed by atoms with van der Waals surface area (Å²) >= 11 is 1.49. The van der Waals surface area contributed by atoms with Gasteiger partial charge in [-0.15, -0.1) is 11.3 Å². The summed E-state index contributed by atoms with van der Waals surface area (Å²) in [6.07, 6.45) is 2.07. The predicted molar refractivity (Wildman–Crippen MR) is 103 cm³/mol. The lowest BCUT2D eigenvalue weighted by molar-refractivity contribution is 0.197. The second-order valence-electron chi connectivity index (χ2n) is 5.20. The molecular weight excluding hydrogens is 314 g/mol. The van der Waals surface area contributed by atoms with Crippen LogP contribution in [0, 0.1) is 11.3 Å². The molecule has 24 heavy (non-hydrogen) atoms. The van der Waals surface area contributed by atoms with Gasteiger partial charge in [0.15, 0.2) is 0 Å². The highest BCUT2D eigenvalue weighted by Crippen LogP contribution is 2.36. The molecule has 0 amide bonds. The smallest absolute Gasteiger partial charge is 0.138 e. The first-order valence-corrected chi connectivity index (χ1v) is 9.27. The molecule has 0 bridgehead atoms. The molecule has 1 atom stereocenters. The van der Waals surface area contributed by atoms with Crippen LogP contribution in [0.4, 0.5) is 0 Å². The van der Waals surface area contributed by atoms with Crippen molar-refractivity contribution in [3.8, 4) is 11.8 Å². The summed E-state index contributed by atoms with van der Waals surface area (Å²) in [6.45, 7) is 6.17.